The molecular formula is C25H35FN3O10P. The van der Waals surface area contributed by atoms with E-state index >= 15 is 0 Å². The number of nitrogens with one attached hydrogen (secondary N) is 2. The van der Waals surface area contributed by atoms with Crippen molar-refractivity contribution in [3.05, 3.63) is 62.7 Å². The highest BCUT2D eigenvalue weighted by molar-refractivity contribution is 7.52. The maximum atomic E-state index is 14.0. The Balaban J connectivity index is 1.86. The lowest BCUT2D eigenvalue weighted by Crippen LogP contribution is -2.40. The molecule has 0 radical (unpaired) electrons. The van der Waals surface area contributed by atoms with Gasteiger partial charge in [0.2, 0.25) is 5.82 Å². The van der Waals surface area contributed by atoms with Crippen LogP contribution in [0, 0.1) is 5.82 Å². The number of benzene rings is 1. The molecule has 0 amide bonds. The van der Waals surface area contributed by atoms with Gasteiger partial charge in [-0.2, -0.15) is 4.39 Å². The Morgan fingerprint density at radius 3 is 2.65 bits per heavy atom. The molecule has 13 nitrogen and oxygen atoms in total. The number of H-pyrrole nitrogens is 1. The summed E-state index contributed by atoms with van der Waals surface area (Å²) in [7, 11) is -1.31. The topological polar surface area (TPSA) is 156 Å². The van der Waals surface area contributed by atoms with Crippen LogP contribution in [0.25, 0.3) is 0 Å². The highest BCUT2D eigenvalue weighted by Crippen LogP contribution is 2.46. The number of rotatable bonds is 14. The summed E-state index contributed by atoms with van der Waals surface area (Å²) in [5.41, 5.74) is -1.15. The number of carbonyl (C=O) groups is 1. The zero-order valence-corrected chi connectivity index (χ0v) is 23.9. The SMILES string of the molecule is CCC(=O)O[C@H]1C[C@H](n2cc(F)c(=O)[nH]c2=O)O[C@@H]1COP(=O)(N[C@@H](C)C(OC)OC)Oc1cccc(CC)c1. The number of aromatic nitrogens is 2. The maximum Gasteiger partial charge on any atom is 0.459 e. The second-order valence-electron chi connectivity index (χ2n) is 9.03. The molecule has 15 heteroatoms. The van der Waals surface area contributed by atoms with E-state index in [1.54, 1.807) is 32.0 Å². The van der Waals surface area contributed by atoms with Gasteiger partial charge in [0.05, 0.1) is 18.8 Å². The van der Waals surface area contributed by atoms with Crippen molar-refractivity contribution >= 4 is 13.7 Å². The molecular weight excluding hydrogens is 552 g/mol. The molecule has 1 unspecified atom stereocenters. The van der Waals surface area contributed by atoms with E-state index in [-0.39, 0.29) is 18.6 Å². The van der Waals surface area contributed by atoms with Crippen LogP contribution in [-0.2, 0) is 39.3 Å². The third kappa shape index (κ3) is 8.09. The average molecular weight is 588 g/mol. The van der Waals surface area contributed by atoms with Crippen LogP contribution in [0.5, 0.6) is 5.75 Å². The van der Waals surface area contributed by atoms with Crippen LogP contribution in [0.3, 0.4) is 0 Å². The van der Waals surface area contributed by atoms with Gasteiger partial charge >= 0.3 is 19.4 Å². The molecule has 2 N–H and O–H groups in total. The van der Waals surface area contributed by atoms with Gasteiger partial charge in [-0.25, -0.2) is 14.4 Å². The minimum atomic E-state index is -4.15. The largest absolute Gasteiger partial charge is 0.459 e. The van der Waals surface area contributed by atoms with Gasteiger partial charge in [0.25, 0.3) is 5.56 Å². The van der Waals surface area contributed by atoms with Crippen LogP contribution in [0.2, 0.25) is 0 Å². The Bertz CT molecular complexity index is 1310. The van der Waals surface area contributed by atoms with E-state index in [9.17, 15) is 23.3 Å². The van der Waals surface area contributed by atoms with Crippen LogP contribution >= 0.6 is 7.75 Å². The van der Waals surface area contributed by atoms with E-state index in [0.29, 0.717) is 12.6 Å². The van der Waals surface area contributed by atoms with E-state index in [1.165, 1.54) is 14.2 Å². The Morgan fingerprint density at radius 1 is 1.27 bits per heavy atom. The van der Waals surface area contributed by atoms with Crippen molar-refractivity contribution in [3.8, 4) is 5.75 Å². The summed E-state index contributed by atoms with van der Waals surface area (Å²) in [4.78, 5) is 37.7. The van der Waals surface area contributed by atoms with Gasteiger partial charge in [0.15, 0.2) is 6.29 Å². The quantitative estimate of drug-likeness (QED) is 0.190. The summed E-state index contributed by atoms with van der Waals surface area (Å²) in [6, 6.07) is 6.32. The number of aryl methyl sites for hydroxylation is 1. The molecule has 0 saturated carbocycles. The normalized spacial score (nSPS) is 21.2. The number of methoxy groups -OCH3 is 2. The van der Waals surface area contributed by atoms with Crippen molar-refractivity contribution in [1.29, 1.82) is 0 Å². The third-order valence-corrected chi connectivity index (χ3v) is 7.83. The van der Waals surface area contributed by atoms with Crippen LogP contribution < -0.4 is 20.9 Å². The number of ether oxygens (including phenoxy) is 4. The zero-order chi connectivity index (χ0) is 29.4. The van der Waals surface area contributed by atoms with E-state index in [2.05, 4.69) is 5.09 Å². The average Bonchev–Trinajstić information content (AvgIpc) is 3.32. The molecule has 2 aromatic rings. The summed E-state index contributed by atoms with van der Waals surface area (Å²) < 4.78 is 62.2. The zero-order valence-electron chi connectivity index (χ0n) is 23.0. The van der Waals surface area contributed by atoms with Crippen molar-refractivity contribution in [2.24, 2.45) is 0 Å². The lowest BCUT2D eigenvalue weighted by atomic mass is 10.2. The van der Waals surface area contributed by atoms with Crippen molar-refractivity contribution in [2.75, 3.05) is 20.8 Å². The predicted molar refractivity (Wildman–Crippen MR) is 140 cm³/mol. The molecule has 0 spiro atoms. The van der Waals surface area contributed by atoms with Gasteiger partial charge in [-0.05, 0) is 31.0 Å². The molecule has 40 heavy (non-hydrogen) atoms. The second-order valence-corrected chi connectivity index (χ2v) is 10.7. The third-order valence-electron chi connectivity index (χ3n) is 6.16. The summed E-state index contributed by atoms with van der Waals surface area (Å²) in [5.74, 6) is -1.46. The van der Waals surface area contributed by atoms with Crippen LogP contribution in [0.15, 0.2) is 40.1 Å². The van der Waals surface area contributed by atoms with Gasteiger partial charge in [-0.15, -0.1) is 0 Å². The van der Waals surface area contributed by atoms with Gasteiger partial charge in [-0.3, -0.25) is 23.7 Å². The van der Waals surface area contributed by atoms with Crippen LogP contribution in [0.1, 0.15) is 45.4 Å². The van der Waals surface area contributed by atoms with Crippen molar-refractivity contribution in [1.82, 2.24) is 14.6 Å². The first kappa shape index (κ1) is 31.7. The van der Waals surface area contributed by atoms with E-state index in [1.807, 2.05) is 18.0 Å². The minimum absolute atomic E-state index is 0.0614. The Morgan fingerprint density at radius 2 is 2.00 bits per heavy atom. The fourth-order valence-corrected chi connectivity index (χ4v) is 5.64. The maximum absolute atomic E-state index is 14.0. The molecule has 222 valence electrons. The Hall–Kier alpha value is -2.87. The smallest absolute Gasteiger partial charge is 0.459 e. The standard InChI is InChI=1S/C25H35FN3O10P/c1-6-16-9-8-10-17(11-16)39-40(33,28-15(3)24(34-4)35-5)36-14-20-19(38-22(30)7-2)12-21(37-20)29-13-18(26)23(31)27-25(29)32/h8-11,13,15,19-21,24H,6-7,12,14H2,1-5H3,(H,28,33)(H,27,31,32)/t15-,19-,20+,21+,40?/m0/s1. The molecule has 5 atom stereocenters. The fraction of sp³-hybridized carbons (Fsp3) is 0.560. The lowest BCUT2D eigenvalue weighted by Gasteiger charge is -2.28. The van der Waals surface area contributed by atoms with Gasteiger partial charge in [0, 0.05) is 27.1 Å². The summed E-state index contributed by atoms with van der Waals surface area (Å²) in [6.07, 6.45) is -2.45. The molecule has 1 aromatic heterocycles. The first-order valence-electron chi connectivity index (χ1n) is 12.7. The lowest BCUT2D eigenvalue weighted by molar-refractivity contribution is -0.152. The first-order chi connectivity index (χ1) is 19.0. The number of carbonyl (C=O) groups excluding carboxylic acids is 1. The minimum Gasteiger partial charge on any atom is -0.459 e. The predicted octanol–water partition coefficient (Wildman–Crippen LogP) is 2.65. The Kier molecular flexibility index (Phi) is 11.2. The molecule has 0 aliphatic carbocycles. The van der Waals surface area contributed by atoms with Crippen molar-refractivity contribution < 1.29 is 41.7 Å². The molecule has 2 heterocycles. The van der Waals surface area contributed by atoms with Gasteiger partial charge in [0.1, 0.15) is 24.2 Å². The first-order valence-corrected chi connectivity index (χ1v) is 14.3. The van der Waals surface area contributed by atoms with Crippen molar-refractivity contribution in [3.63, 3.8) is 0 Å². The number of nitrogens with zero attached hydrogens (tertiary/aromatic N) is 1. The fourth-order valence-electron chi connectivity index (χ4n) is 4.11. The molecule has 0 bridgehead atoms. The van der Waals surface area contributed by atoms with Gasteiger partial charge in [-0.1, -0.05) is 26.0 Å². The number of aromatic amines is 1. The molecule has 1 aliphatic rings. The molecule has 3 rings (SSSR count). The molecule has 1 aliphatic heterocycles. The van der Waals surface area contributed by atoms with Crippen LogP contribution in [-0.4, -0.2) is 60.9 Å². The van der Waals surface area contributed by atoms with E-state index in [4.69, 9.17) is 28.0 Å². The monoisotopic (exact) mass is 587 g/mol. The van der Waals surface area contributed by atoms with E-state index in [0.717, 1.165) is 10.1 Å². The molecule has 1 aromatic carbocycles. The summed E-state index contributed by atoms with van der Waals surface area (Å²) in [5, 5.41) is 2.79. The summed E-state index contributed by atoms with van der Waals surface area (Å²) >= 11 is 0. The summed E-state index contributed by atoms with van der Waals surface area (Å²) in [6.45, 7) is 4.81. The number of hydrogen-bond acceptors (Lipinski definition) is 10. The number of hydrogen-bond donors (Lipinski definition) is 2. The molecule has 1 saturated heterocycles. The van der Waals surface area contributed by atoms with Gasteiger partial charge < -0.3 is 23.5 Å². The van der Waals surface area contributed by atoms with E-state index < -0.39 is 68.2 Å². The van der Waals surface area contributed by atoms with Crippen LogP contribution in [0.4, 0.5) is 4.39 Å². The number of halogens is 1. The van der Waals surface area contributed by atoms with Crippen molar-refractivity contribution in [2.45, 2.75) is 70.8 Å². The highest BCUT2D eigenvalue weighted by Gasteiger charge is 2.42. The highest BCUT2D eigenvalue weighted by atomic mass is 31.2. The second kappa shape index (κ2) is 14.2. The Labute approximate surface area is 230 Å². The number of esters is 1. The molecule has 1 fully saturated rings.